The number of aromatic nitrogens is 1. The third-order valence-electron chi connectivity index (χ3n) is 4.16. The zero-order valence-corrected chi connectivity index (χ0v) is 15.6. The molecule has 1 aliphatic heterocycles. The molecule has 1 aliphatic rings. The number of fused-ring (bicyclic) bond motifs is 1. The summed E-state index contributed by atoms with van der Waals surface area (Å²) in [5.74, 6) is -0.288. The van der Waals surface area contributed by atoms with Gasteiger partial charge >= 0.3 is 0 Å². The van der Waals surface area contributed by atoms with E-state index in [0.717, 1.165) is 14.6 Å². The van der Waals surface area contributed by atoms with E-state index >= 15 is 0 Å². The zero-order chi connectivity index (χ0) is 17.3. The molecule has 0 bridgehead atoms. The number of rotatable bonds is 4. The van der Waals surface area contributed by atoms with E-state index in [4.69, 9.17) is 17.3 Å². The molecule has 1 aromatic heterocycles. The minimum atomic E-state index is -0.266. The summed E-state index contributed by atoms with van der Waals surface area (Å²) in [6, 6.07) is 5.62. The Kier molecular flexibility index (Phi) is 5.32. The topological polar surface area (TPSA) is 76.3 Å². The van der Waals surface area contributed by atoms with Crippen molar-refractivity contribution in [2.75, 3.05) is 13.1 Å². The number of carbonyl (C=O) groups is 2. The van der Waals surface area contributed by atoms with Crippen LogP contribution in [0.4, 0.5) is 0 Å². The molecule has 8 heteroatoms. The van der Waals surface area contributed by atoms with Crippen LogP contribution in [0.5, 0.6) is 0 Å². The Hall–Kier alpha value is -1.31. The lowest BCUT2D eigenvalue weighted by molar-refractivity contribution is -0.134. The largest absolute Gasteiger partial charge is 0.369 e. The molecule has 1 aromatic carbocycles. The van der Waals surface area contributed by atoms with Gasteiger partial charge in [0.1, 0.15) is 0 Å². The van der Waals surface area contributed by atoms with Crippen LogP contribution in [-0.4, -0.2) is 40.0 Å². The van der Waals surface area contributed by atoms with Gasteiger partial charge < -0.3 is 10.6 Å². The van der Waals surface area contributed by atoms with Crippen LogP contribution in [0, 0.1) is 5.92 Å². The lowest BCUT2D eigenvalue weighted by atomic mass is 9.96. The Morgan fingerprint density at radius 3 is 2.79 bits per heavy atom. The van der Waals surface area contributed by atoms with E-state index < -0.39 is 0 Å². The predicted octanol–water partition coefficient (Wildman–Crippen LogP) is 3.15. The van der Waals surface area contributed by atoms with E-state index in [9.17, 15) is 9.59 Å². The highest BCUT2D eigenvalue weighted by molar-refractivity contribution is 8.02. The van der Waals surface area contributed by atoms with Crippen LogP contribution >= 0.6 is 34.7 Å². The maximum Gasteiger partial charge on any atom is 0.235 e. The van der Waals surface area contributed by atoms with Gasteiger partial charge in [-0.2, -0.15) is 0 Å². The Balaban J connectivity index is 1.62. The fourth-order valence-corrected chi connectivity index (χ4v) is 5.21. The van der Waals surface area contributed by atoms with Crippen LogP contribution in [0.3, 0.4) is 0 Å². The van der Waals surface area contributed by atoms with Crippen molar-refractivity contribution in [3.8, 4) is 0 Å². The van der Waals surface area contributed by atoms with Crippen molar-refractivity contribution in [2.45, 2.75) is 29.4 Å². The summed E-state index contributed by atoms with van der Waals surface area (Å²) in [6.45, 7) is 3.08. The van der Waals surface area contributed by atoms with Crippen LogP contribution in [-0.2, 0) is 9.59 Å². The highest BCUT2D eigenvalue weighted by Crippen LogP contribution is 2.34. The Morgan fingerprint density at radius 1 is 1.42 bits per heavy atom. The monoisotopic (exact) mass is 383 g/mol. The SMILES string of the molecule is CC(Sc1nc2cc(Cl)ccc2s1)C(=O)N1CCC(C(N)=O)CC1. The first-order valence-corrected chi connectivity index (χ1v) is 9.82. The van der Waals surface area contributed by atoms with Crippen molar-refractivity contribution in [1.29, 1.82) is 0 Å². The second-order valence-electron chi connectivity index (χ2n) is 5.85. The van der Waals surface area contributed by atoms with Gasteiger partial charge in [-0.25, -0.2) is 4.98 Å². The molecule has 0 radical (unpaired) electrons. The van der Waals surface area contributed by atoms with Crippen LogP contribution in [0.15, 0.2) is 22.5 Å². The van der Waals surface area contributed by atoms with E-state index in [2.05, 4.69) is 4.98 Å². The van der Waals surface area contributed by atoms with Crippen molar-refractivity contribution >= 4 is 56.7 Å². The van der Waals surface area contributed by atoms with Gasteiger partial charge in [0, 0.05) is 24.0 Å². The standard InChI is InChI=1S/C16H18ClN3O2S2/c1-9(15(22)20-6-4-10(5-7-20)14(18)21)23-16-19-12-8-11(17)2-3-13(12)24-16/h2-3,8-10H,4-7H2,1H3,(H2,18,21). The lowest BCUT2D eigenvalue weighted by Crippen LogP contribution is -2.44. The van der Waals surface area contributed by atoms with Gasteiger partial charge in [0.05, 0.1) is 15.5 Å². The van der Waals surface area contributed by atoms with E-state index in [1.54, 1.807) is 11.3 Å². The van der Waals surface area contributed by atoms with Gasteiger partial charge in [-0.05, 0) is 38.0 Å². The Bertz CT molecular complexity index is 772. The van der Waals surface area contributed by atoms with Crippen LogP contribution in [0.1, 0.15) is 19.8 Å². The fourth-order valence-electron chi connectivity index (χ4n) is 2.77. The molecule has 128 valence electrons. The van der Waals surface area contributed by atoms with Crippen LogP contribution < -0.4 is 5.73 Å². The minimum Gasteiger partial charge on any atom is -0.369 e. The van der Waals surface area contributed by atoms with Gasteiger partial charge in [-0.1, -0.05) is 23.4 Å². The first-order valence-electron chi connectivity index (χ1n) is 7.75. The van der Waals surface area contributed by atoms with Gasteiger partial charge in [-0.3, -0.25) is 9.59 Å². The first-order chi connectivity index (χ1) is 11.4. The summed E-state index contributed by atoms with van der Waals surface area (Å²) in [4.78, 5) is 30.2. The zero-order valence-electron chi connectivity index (χ0n) is 13.2. The molecule has 2 heterocycles. The van der Waals surface area contributed by atoms with Crippen molar-refractivity contribution in [1.82, 2.24) is 9.88 Å². The van der Waals surface area contributed by atoms with Crippen LogP contribution in [0.25, 0.3) is 10.2 Å². The summed E-state index contributed by atoms with van der Waals surface area (Å²) in [5, 5.41) is 0.442. The Morgan fingerprint density at radius 2 is 2.12 bits per heavy atom. The summed E-state index contributed by atoms with van der Waals surface area (Å²) < 4.78 is 1.92. The highest BCUT2D eigenvalue weighted by Gasteiger charge is 2.29. The number of thioether (sulfide) groups is 1. The van der Waals surface area contributed by atoms with E-state index in [-0.39, 0.29) is 23.0 Å². The van der Waals surface area contributed by atoms with Crippen LogP contribution in [0.2, 0.25) is 5.02 Å². The van der Waals surface area contributed by atoms with Gasteiger partial charge in [0.15, 0.2) is 4.34 Å². The van der Waals surface area contributed by atoms with Crippen molar-refractivity contribution in [3.05, 3.63) is 23.2 Å². The first kappa shape index (κ1) is 17.5. The number of primary amides is 1. The maximum atomic E-state index is 12.6. The molecule has 24 heavy (non-hydrogen) atoms. The third kappa shape index (κ3) is 3.84. The average molecular weight is 384 g/mol. The fraction of sp³-hybridized carbons (Fsp3) is 0.438. The molecule has 0 saturated carbocycles. The number of nitrogens with two attached hydrogens (primary N) is 1. The van der Waals surface area contributed by atoms with E-state index in [1.165, 1.54) is 11.8 Å². The molecular weight excluding hydrogens is 366 g/mol. The van der Waals surface area contributed by atoms with Crippen molar-refractivity contribution < 1.29 is 9.59 Å². The highest BCUT2D eigenvalue weighted by atomic mass is 35.5. The van der Waals surface area contributed by atoms with E-state index in [1.807, 2.05) is 30.0 Å². The molecule has 0 spiro atoms. The molecular formula is C16H18ClN3O2S2. The number of amides is 2. The summed E-state index contributed by atoms with van der Waals surface area (Å²) >= 11 is 9.01. The number of benzene rings is 1. The van der Waals surface area contributed by atoms with Gasteiger partial charge in [0.2, 0.25) is 11.8 Å². The average Bonchev–Trinajstić information content (AvgIpc) is 2.95. The number of carbonyl (C=O) groups excluding carboxylic acids is 2. The smallest absolute Gasteiger partial charge is 0.235 e. The molecule has 1 fully saturated rings. The maximum absolute atomic E-state index is 12.6. The van der Waals surface area contributed by atoms with E-state index in [0.29, 0.717) is 31.0 Å². The molecule has 1 saturated heterocycles. The summed E-state index contributed by atoms with van der Waals surface area (Å²) in [6.07, 6.45) is 1.30. The number of likely N-dealkylation sites (tertiary alicyclic amines) is 1. The lowest BCUT2D eigenvalue weighted by Gasteiger charge is -2.32. The minimum absolute atomic E-state index is 0.0835. The van der Waals surface area contributed by atoms with Crippen molar-refractivity contribution in [2.24, 2.45) is 11.7 Å². The predicted molar refractivity (Wildman–Crippen MR) is 98.4 cm³/mol. The normalized spacial score (nSPS) is 17.2. The summed E-state index contributed by atoms with van der Waals surface area (Å²) in [5.41, 5.74) is 6.19. The molecule has 1 unspecified atom stereocenters. The Labute approximate surface area is 153 Å². The number of nitrogens with zero attached hydrogens (tertiary/aromatic N) is 2. The molecule has 2 aromatic rings. The molecule has 0 aliphatic carbocycles. The summed E-state index contributed by atoms with van der Waals surface area (Å²) in [7, 11) is 0. The number of hydrogen-bond donors (Lipinski definition) is 1. The number of halogens is 1. The van der Waals surface area contributed by atoms with Crippen molar-refractivity contribution in [3.63, 3.8) is 0 Å². The number of piperidine rings is 1. The molecule has 5 nitrogen and oxygen atoms in total. The molecule has 3 rings (SSSR count). The molecule has 1 atom stereocenters. The second kappa shape index (κ2) is 7.29. The quantitative estimate of drug-likeness (QED) is 0.823. The molecule has 2 N–H and O–H groups in total. The molecule has 2 amide bonds. The second-order valence-corrected chi connectivity index (χ2v) is 8.91. The van der Waals surface area contributed by atoms with Gasteiger partial charge in [0.25, 0.3) is 0 Å². The third-order valence-corrected chi connectivity index (χ3v) is 6.62. The van der Waals surface area contributed by atoms with Gasteiger partial charge in [-0.15, -0.1) is 11.3 Å². The number of hydrogen-bond acceptors (Lipinski definition) is 5. The number of thiazole rings is 1.